The molecule has 4 aliphatic rings. The molecule has 0 radical (unpaired) electrons. The van der Waals surface area contributed by atoms with E-state index in [-0.39, 0.29) is 41.9 Å². The van der Waals surface area contributed by atoms with Gasteiger partial charge in [0, 0.05) is 36.0 Å². The van der Waals surface area contributed by atoms with Crippen LogP contribution in [0.25, 0.3) is 0 Å². The molecule has 1 aliphatic heterocycles. The van der Waals surface area contributed by atoms with Crippen molar-refractivity contribution in [3.05, 3.63) is 48.0 Å². The fraction of sp³-hybridized carbons (Fsp3) is 0.706. The van der Waals surface area contributed by atoms with Crippen LogP contribution in [0.4, 0.5) is 0 Å². The van der Waals surface area contributed by atoms with Crippen LogP contribution in [0, 0.1) is 11.8 Å². The fourth-order valence-corrected chi connectivity index (χ4v) is 8.09. The van der Waals surface area contributed by atoms with Gasteiger partial charge in [0.05, 0.1) is 18.8 Å². The molecule has 41 heavy (non-hydrogen) atoms. The van der Waals surface area contributed by atoms with E-state index in [2.05, 4.69) is 25.3 Å². The predicted octanol–water partition coefficient (Wildman–Crippen LogP) is 7.29. The summed E-state index contributed by atoms with van der Waals surface area (Å²) in [5.74, 6) is 1.46. The van der Waals surface area contributed by atoms with Gasteiger partial charge in [-0.15, -0.1) is 0 Å². The summed E-state index contributed by atoms with van der Waals surface area (Å²) in [6, 6.07) is 4.12. The highest BCUT2D eigenvalue weighted by molar-refractivity contribution is 5.87. The van der Waals surface area contributed by atoms with Crippen LogP contribution in [0.3, 0.4) is 0 Å². The average Bonchev–Trinajstić information content (AvgIpc) is 3.78. The summed E-state index contributed by atoms with van der Waals surface area (Å²) in [4.78, 5) is 25.9. The molecule has 7 nitrogen and oxygen atoms in total. The number of carbonyl (C=O) groups is 2. The Morgan fingerprint density at radius 2 is 1.56 bits per heavy atom. The van der Waals surface area contributed by atoms with E-state index in [0.717, 1.165) is 82.1 Å². The predicted molar refractivity (Wildman–Crippen MR) is 155 cm³/mol. The number of hydrogen-bond donors (Lipinski definition) is 0. The Bertz CT molecular complexity index is 1110. The van der Waals surface area contributed by atoms with Gasteiger partial charge < -0.3 is 23.4 Å². The van der Waals surface area contributed by atoms with Gasteiger partial charge in [-0.2, -0.15) is 0 Å². The van der Waals surface area contributed by atoms with Crippen LogP contribution in [-0.2, 0) is 34.1 Å². The molecule has 1 aromatic rings. The third kappa shape index (κ3) is 5.94. The van der Waals surface area contributed by atoms with E-state index in [1.807, 2.05) is 0 Å². The topological polar surface area (TPSA) is 84.2 Å². The van der Waals surface area contributed by atoms with E-state index in [1.54, 1.807) is 21.0 Å². The first-order valence-corrected chi connectivity index (χ1v) is 15.7. The second kappa shape index (κ2) is 12.5. The van der Waals surface area contributed by atoms with Crippen molar-refractivity contribution in [2.45, 2.75) is 127 Å². The molecule has 0 spiro atoms. The van der Waals surface area contributed by atoms with E-state index >= 15 is 0 Å². The SMILES string of the molecule is C=C(C)C(=O)OC1(C2CCC(COC)O2)CCC(c2ccc(C(OC(=O)C(=C)C)(C3CCCC3)C3CCCC3)o2)C1. The van der Waals surface area contributed by atoms with Gasteiger partial charge in [0.1, 0.15) is 17.1 Å². The molecule has 1 aromatic heterocycles. The quantitative estimate of drug-likeness (QED) is 0.205. The minimum Gasteiger partial charge on any atom is -0.461 e. The van der Waals surface area contributed by atoms with Gasteiger partial charge in [-0.1, -0.05) is 38.8 Å². The van der Waals surface area contributed by atoms with Gasteiger partial charge >= 0.3 is 11.9 Å². The summed E-state index contributed by atoms with van der Waals surface area (Å²) in [5.41, 5.74) is -0.709. The largest absolute Gasteiger partial charge is 0.461 e. The van der Waals surface area contributed by atoms with Crippen molar-refractivity contribution in [3.63, 3.8) is 0 Å². The van der Waals surface area contributed by atoms with E-state index in [1.165, 1.54) is 0 Å². The first-order chi connectivity index (χ1) is 19.7. The van der Waals surface area contributed by atoms with E-state index < -0.39 is 11.2 Å². The molecule has 4 fully saturated rings. The molecular weight excluding hydrogens is 520 g/mol. The maximum atomic E-state index is 13.1. The van der Waals surface area contributed by atoms with Crippen LogP contribution in [-0.4, -0.2) is 43.5 Å². The highest BCUT2D eigenvalue weighted by Gasteiger charge is 2.55. The second-order valence-electron chi connectivity index (χ2n) is 13.1. The number of rotatable bonds is 11. The zero-order valence-corrected chi connectivity index (χ0v) is 25.2. The lowest BCUT2D eigenvalue weighted by Crippen LogP contribution is -2.45. The summed E-state index contributed by atoms with van der Waals surface area (Å²) < 4.78 is 31.2. The Balaban J connectivity index is 1.45. The van der Waals surface area contributed by atoms with Gasteiger partial charge in [-0.3, -0.25) is 0 Å². The molecule has 0 bridgehead atoms. The Morgan fingerprint density at radius 1 is 0.927 bits per heavy atom. The van der Waals surface area contributed by atoms with Crippen molar-refractivity contribution in [2.24, 2.45) is 11.8 Å². The highest BCUT2D eigenvalue weighted by Crippen LogP contribution is 2.55. The number of ether oxygens (including phenoxy) is 4. The number of furan rings is 1. The van der Waals surface area contributed by atoms with Crippen LogP contribution in [0.1, 0.15) is 115 Å². The third-order valence-electron chi connectivity index (χ3n) is 10.1. The second-order valence-corrected chi connectivity index (χ2v) is 13.1. The van der Waals surface area contributed by atoms with Crippen molar-refractivity contribution in [1.82, 2.24) is 0 Å². The van der Waals surface area contributed by atoms with Crippen LogP contribution < -0.4 is 0 Å². The lowest BCUT2D eigenvalue weighted by atomic mass is 9.73. The van der Waals surface area contributed by atoms with Crippen molar-refractivity contribution in [2.75, 3.05) is 13.7 Å². The van der Waals surface area contributed by atoms with E-state index in [4.69, 9.17) is 23.4 Å². The van der Waals surface area contributed by atoms with Crippen molar-refractivity contribution >= 4 is 11.9 Å². The Morgan fingerprint density at radius 3 is 2.15 bits per heavy atom. The van der Waals surface area contributed by atoms with Gasteiger partial charge in [0.2, 0.25) is 0 Å². The average molecular weight is 569 g/mol. The normalized spacial score (nSPS) is 29.2. The van der Waals surface area contributed by atoms with Crippen LogP contribution in [0.2, 0.25) is 0 Å². The molecule has 3 aliphatic carbocycles. The number of esters is 2. The monoisotopic (exact) mass is 568 g/mol. The molecule has 0 amide bonds. The van der Waals surface area contributed by atoms with E-state index in [0.29, 0.717) is 30.6 Å². The lowest BCUT2D eigenvalue weighted by molar-refractivity contribution is -0.178. The van der Waals surface area contributed by atoms with Crippen LogP contribution >= 0.6 is 0 Å². The van der Waals surface area contributed by atoms with Gasteiger partial charge in [-0.05, 0) is 83.8 Å². The van der Waals surface area contributed by atoms with Crippen molar-refractivity contribution in [3.8, 4) is 0 Å². The molecular formula is C34H48O7. The Labute approximate surface area is 245 Å². The molecule has 5 rings (SSSR count). The number of methoxy groups -OCH3 is 1. The van der Waals surface area contributed by atoms with Crippen LogP contribution in [0.5, 0.6) is 0 Å². The first kappa shape index (κ1) is 30.1. The molecule has 1 saturated heterocycles. The maximum absolute atomic E-state index is 13.1. The molecule has 0 N–H and O–H groups in total. The first-order valence-electron chi connectivity index (χ1n) is 15.7. The molecule has 7 heteroatoms. The summed E-state index contributed by atoms with van der Waals surface area (Å²) in [6.07, 6.45) is 12.3. The van der Waals surface area contributed by atoms with Gasteiger partial charge in [-0.25, -0.2) is 9.59 Å². The zero-order valence-electron chi connectivity index (χ0n) is 25.2. The molecule has 2 heterocycles. The fourth-order valence-electron chi connectivity index (χ4n) is 8.09. The van der Waals surface area contributed by atoms with Gasteiger partial charge in [0.15, 0.2) is 5.60 Å². The maximum Gasteiger partial charge on any atom is 0.334 e. The Hall–Kier alpha value is -2.38. The molecule has 4 atom stereocenters. The lowest BCUT2D eigenvalue weighted by Gasteiger charge is -2.42. The van der Waals surface area contributed by atoms with Crippen molar-refractivity contribution < 1.29 is 33.0 Å². The summed E-state index contributed by atoms with van der Waals surface area (Å²) in [5, 5.41) is 0. The number of hydrogen-bond acceptors (Lipinski definition) is 7. The summed E-state index contributed by atoms with van der Waals surface area (Å²) in [7, 11) is 1.68. The van der Waals surface area contributed by atoms with Crippen LogP contribution in [0.15, 0.2) is 40.9 Å². The van der Waals surface area contributed by atoms with Gasteiger partial charge in [0.25, 0.3) is 0 Å². The molecule has 0 aromatic carbocycles. The molecule has 3 saturated carbocycles. The number of carbonyl (C=O) groups excluding carboxylic acids is 2. The van der Waals surface area contributed by atoms with Crippen molar-refractivity contribution in [1.29, 1.82) is 0 Å². The minimum absolute atomic E-state index is 0.00103. The van der Waals surface area contributed by atoms with E-state index in [9.17, 15) is 9.59 Å². The Kier molecular flexibility index (Phi) is 9.15. The summed E-state index contributed by atoms with van der Waals surface area (Å²) in [6.45, 7) is 11.6. The smallest absolute Gasteiger partial charge is 0.334 e. The minimum atomic E-state index is -0.772. The summed E-state index contributed by atoms with van der Waals surface area (Å²) >= 11 is 0. The molecule has 226 valence electrons. The zero-order chi connectivity index (χ0) is 29.2. The third-order valence-corrected chi connectivity index (χ3v) is 10.1. The standard InChI is InChI=1S/C34H48O7/c1-22(2)31(35)40-33(29-16-14-27(38-29)21-37-5)19-18-24(20-33)28-15-17-30(39-28)34(25-10-6-7-11-25,26-12-8-9-13-26)41-32(36)23(3)4/h15,17,24-27,29H,1,3,6-14,16,18-21H2,2,4-5H3. The highest BCUT2D eigenvalue weighted by atomic mass is 16.6. The molecule has 4 unspecified atom stereocenters.